The summed E-state index contributed by atoms with van der Waals surface area (Å²) in [5.74, 6) is 3.42. The normalized spacial score (nSPS) is 15.2. The maximum absolute atomic E-state index is 15.6. The molecule has 2 aliphatic carbocycles. The minimum atomic E-state index is -2.87. The number of rotatable bonds is 8. The van der Waals surface area contributed by atoms with Gasteiger partial charge in [0.25, 0.3) is 0 Å². The average Bonchev–Trinajstić information content (AvgIpc) is 3.70. The van der Waals surface area contributed by atoms with Gasteiger partial charge >= 0.3 is 7.40 Å². The molecule has 0 amide bonds. The Hall–Kier alpha value is -5.64. The zero-order chi connectivity index (χ0) is 34.5. The largest absolute Gasteiger partial charge is 0.679 e. The number of aliphatic imine (C=N–C) groups is 2. The van der Waals surface area contributed by atoms with E-state index in [-0.39, 0.29) is 5.82 Å². The van der Waals surface area contributed by atoms with Crippen LogP contribution >= 0.6 is 0 Å². The fraction of sp³-hybridized carbons (Fsp3) is 0.200. The van der Waals surface area contributed by atoms with Crippen LogP contribution in [0.1, 0.15) is 34.2 Å². The first-order chi connectivity index (χ1) is 24.4. The van der Waals surface area contributed by atoms with E-state index in [1.807, 2.05) is 84.9 Å². The van der Waals surface area contributed by atoms with Gasteiger partial charge in [-0.25, -0.2) is 9.98 Å². The lowest BCUT2D eigenvalue weighted by Crippen LogP contribution is -2.16. The van der Waals surface area contributed by atoms with Crippen LogP contribution in [0.3, 0.4) is 0 Å². The van der Waals surface area contributed by atoms with Crippen LogP contribution in [-0.4, -0.2) is 51.9 Å². The Morgan fingerprint density at radius 2 is 1.18 bits per heavy atom. The predicted molar refractivity (Wildman–Crippen MR) is 194 cm³/mol. The Morgan fingerprint density at radius 1 is 0.640 bits per heavy atom. The summed E-state index contributed by atoms with van der Waals surface area (Å²) in [6.07, 6.45) is 2.74. The predicted octanol–water partition coefficient (Wildman–Crippen LogP) is 8.66. The standard InChI is InChI=1S/C40H34BF2N3O4/c1-47-27-11-5-23(6-12-27)35-33-17-9-25-21-29(49-3)15-19-31(25)37(33)44-39(35)45-40-36(24-7-13-28(48-2)14-8-24)34-18-10-26-22-30(50-4)16-20-32(26)38(34)46(40)41(42)43/h5-8,11-16,19-22H,9-10,17-18H2,1-4H3/b45-39-. The third-order valence-electron chi connectivity index (χ3n) is 9.90. The number of halogens is 2. The van der Waals surface area contributed by atoms with Crippen LogP contribution in [0.4, 0.5) is 14.4 Å². The number of hydrogen-bond donors (Lipinski definition) is 0. The number of amidine groups is 1. The van der Waals surface area contributed by atoms with E-state index in [0.29, 0.717) is 47.9 Å². The zero-order valence-corrected chi connectivity index (χ0v) is 28.2. The smallest absolute Gasteiger partial charge is 0.497 e. The Bertz CT molecular complexity index is 2240. The number of ether oxygens (including phenoxy) is 4. The molecular weight excluding hydrogens is 635 g/mol. The van der Waals surface area contributed by atoms with Crippen molar-refractivity contribution in [1.29, 1.82) is 0 Å². The quantitative estimate of drug-likeness (QED) is 0.155. The van der Waals surface area contributed by atoms with Crippen molar-refractivity contribution in [2.45, 2.75) is 25.7 Å². The van der Waals surface area contributed by atoms with E-state index in [4.69, 9.17) is 28.9 Å². The molecule has 10 heteroatoms. The van der Waals surface area contributed by atoms with Crippen LogP contribution < -0.4 is 18.9 Å². The number of benzene rings is 4. The van der Waals surface area contributed by atoms with E-state index >= 15 is 8.63 Å². The molecule has 7 nitrogen and oxygen atoms in total. The lowest BCUT2D eigenvalue weighted by Gasteiger charge is -2.20. The van der Waals surface area contributed by atoms with Gasteiger partial charge < -0.3 is 23.4 Å². The van der Waals surface area contributed by atoms with Gasteiger partial charge in [-0.15, -0.1) is 0 Å². The highest BCUT2D eigenvalue weighted by Gasteiger charge is 2.37. The van der Waals surface area contributed by atoms with Crippen molar-refractivity contribution in [3.05, 3.63) is 118 Å². The number of aryl methyl sites for hydroxylation is 2. The minimum absolute atomic E-state index is 0.165. The van der Waals surface area contributed by atoms with Crippen molar-refractivity contribution in [2.24, 2.45) is 9.98 Å². The van der Waals surface area contributed by atoms with Crippen molar-refractivity contribution < 1.29 is 27.6 Å². The molecule has 2 heterocycles. The van der Waals surface area contributed by atoms with Gasteiger partial charge in [0.2, 0.25) is 0 Å². The third-order valence-corrected chi connectivity index (χ3v) is 9.90. The monoisotopic (exact) mass is 669 g/mol. The second kappa shape index (κ2) is 12.7. The van der Waals surface area contributed by atoms with Crippen molar-refractivity contribution in [2.75, 3.05) is 28.4 Å². The van der Waals surface area contributed by atoms with E-state index < -0.39 is 7.40 Å². The summed E-state index contributed by atoms with van der Waals surface area (Å²) >= 11 is 0. The Balaban J connectivity index is 1.41. The van der Waals surface area contributed by atoms with Crippen molar-refractivity contribution in [3.8, 4) is 45.4 Å². The summed E-state index contributed by atoms with van der Waals surface area (Å²) in [4.78, 5) is 10.3. The van der Waals surface area contributed by atoms with Crippen molar-refractivity contribution >= 4 is 30.3 Å². The van der Waals surface area contributed by atoms with Crippen LogP contribution in [0.2, 0.25) is 0 Å². The fourth-order valence-electron chi connectivity index (χ4n) is 7.50. The van der Waals surface area contributed by atoms with E-state index in [1.165, 1.54) is 0 Å². The molecule has 1 aromatic heterocycles. The van der Waals surface area contributed by atoms with E-state index in [0.717, 1.165) is 78.2 Å². The summed E-state index contributed by atoms with van der Waals surface area (Å²) in [5, 5.41) is 0. The maximum Gasteiger partial charge on any atom is 0.679 e. The topological polar surface area (TPSA) is 66.6 Å². The Morgan fingerprint density at radius 3 is 1.78 bits per heavy atom. The molecule has 0 N–H and O–H groups in total. The molecule has 0 saturated heterocycles. The summed E-state index contributed by atoms with van der Waals surface area (Å²) < 4.78 is 54.2. The van der Waals surface area contributed by atoms with Crippen LogP contribution in [0.25, 0.3) is 28.0 Å². The van der Waals surface area contributed by atoms with Crippen LogP contribution in [-0.2, 0) is 19.3 Å². The molecule has 0 spiro atoms. The molecule has 5 aromatic rings. The number of aromatic nitrogens is 1. The number of hydrogen-bond acceptors (Lipinski definition) is 5. The van der Waals surface area contributed by atoms with Crippen LogP contribution in [0, 0.1) is 0 Å². The number of methoxy groups -OCH3 is 4. The summed E-state index contributed by atoms with van der Waals surface area (Å²) in [6.45, 7) is 0. The Kier molecular flexibility index (Phi) is 8.02. The molecule has 8 rings (SSSR count). The minimum Gasteiger partial charge on any atom is -0.497 e. The van der Waals surface area contributed by atoms with Gasteiger partial charge in [-0.2, -0.15) is 0 Å². The first-order valence-corrected chi connectivity index (χ1v) is 16.5. The highest BCUT2D eigenvalue weighted by molar-refractivity contribution is 6.44. The van der Waals surface area contributed by atoms with Crippen molar-refractivity contribution in [3.63, 3.8) is 0 Å². The highest BCUT2D eigenvalue weighted by atomic mass is 19.2. The van der Waals surface area contributed by atoms with Gasteiger partial charge in [0.05, 0.1) is 34.2 Å². The lowest BCUT2D eigenvalue weighted by atomic mass is 9.83. The van der Waals surface area contributed by atoms with Gasteiger partial charge in [0, 0.05) is 28.0 Å². The molecule has 50 heavy (non-hydrogen) atoms. The molecule has 0 saturated carbocycles. The first-order valence-electron chi connectivity index (χ1n) is 16.5. The second-order valence-corrected chi connectivity index (χ2v) is 12.4. The molecule has 3 aliphatic rings. The average molecular weight is 670 g/mol. The van der Waals surface area contributed by atoms with E-state index in [2.05, 4.69) is 0 Å². The lowest BCUT2D eigenvalue weighted by molar-refractivity contribution is 0.414. The summed E-state index contributed by atoms with van der Waals surface area (Å²) in [7, 11) is 3.63. The van der Waals surface area contributed by atoms with Gasteiger partial charge in [-0.3, -0.25) is 8.63 Å². The molecule has 4 aromatic carbocycles. The molecule has 0 bridgehead atoms. The maximum atomic E-state index is 15.6. The molecule has 0 atom stereocenters. The number of nitrogens with zero attached hydrogens (tertiary/aromatic N) is 3. The van der Waals surface area contributed by atoms with Crippen LogP contribution in [0.15, 0.2) is 100 Å². The molecular formula is C40H34BF2N3O4. The van der Waals surface area contributed by atoms with E-state index in [9.17, 15) is 0 Å². The fourth-order valence-corrected chi connectivity index (χ4v) is 7.50. The molecule has 0 unspecified atom stereocenters. The molecule has 0 fully saturated rings. The van der Waals surface area contributed by atoms with Crippen molar-refractivity contribution in [1.82, 2.24) is 4.48 Å². The molecule has 0 radical (unpaired) electrons. The van der Waals surface area contributed by atoms with Gasteiger partial charge in [-0.1, -0.05) is 24.3 Å². The Labute approximate surface area is 289 Å². The SMILES string of the molecule is COc1ccc(C2=C3CCc4cc(OC)ccc4C3=N/C2=N\c2c(-c3ccc(OC)cc3)c3c(n2B(F)F)-c2ccc(OC)cc2CC3)cc1. The van der Waals surface area contributed by atoms with Gasteiger partial charge in [0.15, 0.2) is 5.84 Å². The van der Waals surface area contributed by atoms with E-state index in [1.54, 1.807) is 28.4 Å². The third kappa shape index (κ3) is 5.17. The summed E-state index contributed by atoms with van der Waals surface area (Å²) in [5.41, 5.74) is 10.1. The second-order valence-electron chi connectivity index (χ2n) is 12.4. The van der Waals surface area contributed by atoms with Crippen LogP contribution in [0.5, 0.6) is 23.0 Å². The molecule has 1 aliphatic heterocycles. The zero-order valence-electron chi connectivity index (χ0n) is 28.2. The van der Waals surface area contributed by atoms with Gasteiger partial charge in [-0.05, 0) is 120 Å². The van der Waals surface area contributed by atoms with Gasteiger partial charge in [0.1, 0.15) is 28.8 Å². The number of fused-ring (bicyclic) bond motifs is 6. The summed E-state index contributed by atoms with van der Waals surface area (Å²) in [6, 6.07) is 26.9. The molecule has 250 valence electrons. The number of allylic oxidation sites excluding steroid dienone is 1. The highest BCUT2D eigenvalue weighted by Crippen LogP contribution is 2.49. The first kappa shape index (κ1) is 31.6.